The third-order valence-corrected chi connectivity index (χ3v) is 4.76. The van der Waals surface area contributed by atoms with Gasteiger partial charge in [0.05, 0.1) is 11.9 Å². The minimum atomic E-state index is 0.540. The van der Waals surface area contributed by atoms with Crippen molar-refractivity contribution in [2.75, 3.05) is 0 Å². The van der Waals surface area contributed by atoms with E-state index in [1.807, 2.05) is 35.4 Å². The minimum Gasteiger partial charge on any atom is -0.345 e. The quantitative estimate of drug-likeness (QED) is 0.618. The summed E-state index contributed by atoms with van der Waals surface area (Å²) in [5.74, 6) is 2.05. The van der Waals surface area contributed by atoms with E-state index in [-0.39, 0.29) is 0 Å². The van der Waals surface area contributed by atoms with Gasteiger partial charge in [-0.2, -0.15) is 5.10 Å². The molecule has 4 aromatic heterocycles. The van der Waals surface area contributed by atoms with Crippen molar-refractivity contribution < 1.29 is 0 Å². The third kappa shape index (κ3) is 2.49. The van der Waals surface area contributed by atoms with Crippen LogP contribution in [0, 0.1) is 5.92 Å². The van der Waals surface area contributed by atoms with Gasteiger partial charge < -0.3 is 4.98 Å². The molecule has 0 bridgehead atoms. The van der Waals surface area contributed by atoms with Crippen molar-refractivity contribution in [2.45, 2.75) is 39.0 Å². The lowest BCUT2D eigenvalue weighted by molar-refractivity contribution is 0.622. The molecule has 1 aliphatic rings. The molecule has 4 heterocycles. The van der Waals surface area contributed by atoms with Gasteiger partial charge in [0.1, 0.15) is 11.5 Å². The summed E-state index contributed by atoms with van der Waals surface area (Å²) in [5.41, 5.74) is 5.07. The average Bonchev–Trinajstić information content (AvgIpc) is 3.21. The molecule has 126 valence electrons. The Bertz CT molecular complexity index is 1070. The first-order valence-electron chi connectivity index (χ1n) is 8.86. The zero-order valence-corrected chi connectivity index (χ0v) is 14.4. The van der Waals surface area contributed by atoms with Gasteiger partial charge in [-0.1, -0.05) is 13.8 Å². The molecule has 0 saturated heterocycles. The van der Waals surface area contributed by atoms with E-state index in [9.17, 15) is 0 Å². The average molecular weight is 332 g/mol. The fraction of sp³-hybridized carbons (Fsp3) is 0.368. The highest BCUT2D eigenvalue weighted by Crippen LogP contribution is 2.41. The van der Waals surface area contributed by atoms with Crippen LogP contribution >= 0.6 is 0 Å². The number of rotatable bonds is 4. The highest BCUT2D eigenvalue weighted by atomic mass is 15.2. The van der Waals surface area contributed by atoms with Crippen LogP contribution in [0.4, 0.5) is 0 Å². The molecule has 0 radical (unpaired) electrons. The summed E-state index contributed by atoms with van der Waals surface area (Å²) in [6, 6.07) is 2.00. The summed E-state index contributed by atoms with van der Waals surface area (Å²) in [7, 11) is 0. The molecule has 0 aliphatic heterocycles. The summed E-state index contributed by atoms with van der Waals surface area (Å²) in [5, 5.41) is 5.44. The van der Waals surface area contributed by atoms with E-state index >= 15 is 0 Å². The summed E-state index contributed by atoms with van der Waals surface area (Å²) >= 11 is 0. The number of H-pyrrole nitrogens is 1. The molecule has 1 aliphatic carbocycles. The van der Waals surface area contributed by atoms with E-state index in [2.05, 4.69) is 33.9 Å². The maximum Gasteiger partial charge on any atom is 0.159 e. The second-order valence-electron chi connectivity index (χ2n) is 7.30. The van der Waals surface area contributed by atoms with E-state index in [0.29, 0.717) is 11.8 Å². The Balaban J connectivity index is 1.60. The van der Waals surface area contributed by atoms with E-state index < -0.39 is 0 Å². The molecule has 25 heavy (non-hydrogen) atoms. The van der Waals surface area contributed by atoms with E-state index in [4.69, 9.17) is 4.98 Å². The monoisotopic (exact) mass is 332 g/mol. The lowest BCUT2D eigenvalue weighted by Crippen LogP contribution is -2.00. The van der Waals surface area contributed by atoms with E-state index in [0.717, 1.165) is 40.2 Å². The van der Waals surface area contributed by atoms with Gasteiger partial charge in [0, 0.05) is 41.5 Å². The first-order valence-corrected chi connectivity index (χ1v) is 8.86. The van der Waals surface area contributed by atoms with Gasteiger partial charge in [-0.3, -0.25) is 0 Å². The molecule has 5 rings (SSSR count). The van der Waals surface area contributed by atoms with Crippen molar-refractivity contribution in [1.29, 1.82) is 0 Å². The molecule has 6 nitrogen and oxygen atoms in total. The predicted molar refractivity (Wildman–Crippen MR) is 96.4 cm³/mol. The van der Waals surface area contributed by atoms with Gasteiger partial charge in [0.25, 0.3) is 0 Å². The predicted octanol–water partition coefficient (Wildman–Crippen LogP) is 3.74. The summed E-state index contributed by atoms with van der Waals surface area (Å²) < 4.78 is 1.86. The number of hydrogen-bond acceptors (Lipinski definition) is 4. The highest BCUT2D eigenvalue weighted by molar-refractivity contribution is 5.92. The van der Waals surface area contributed by atoms with Crippen LogP contribution in [0.2, 0.25) is 0 Å². The Morgan fingerprint density at radius 1 is 1.24 bits per heavy atom. The standard InChI is InChI=1S/C19H20N6/c1-11(2)7-17-20-9-15-14(8-21-18(15)24-17)16-5-6-25-19(23-16)13(10-22-25)12-3-4-12/h5-6,8-12H,3-4,7H2,1-2H3,(H,20,21,24). The largest absolute Gasteiger partial charge is 0.345 e. The fourth-order valence-corrected chi connectivity index (χ4v) is 3.34. The van der Waals surface area contributed by atoms with Gasteiger partial charge in [-0.05, 0) is 30.7 Å². The van der Waals surface area contributed by atoms with Crippen LogP contribution in [0.15, 0.2) is 30.9 Å². The molecule has 0 unspecified atom stereocenters. The minimum absolute atomic E-state index is 0.540. The fourth-order valence-electron chi connectivity index (χ4n) is 3.34. The highest BCUT2D eigenvalue weighted by Gasteiger charge is 2.27. The summed E-state index contributed by atoms with van der Waals surface area (Å²) in [4.78, 5) is 17.4. The van der Waals surface area contributed by atoms with Crippen molar-refractivity contribution in [3.63, 3.8) is 0 Å². The van der Waals surface area contributed by atoms with Crippen LogP contribution in [0.3, 0.4) is 0 Å². The molecule has 6 heteroatoms. The zero-order valence-electron chi connectivity index (χ0n) is 14.4. The van der Waals surface area contributed by atoms with Crippen LogP contribution in [0.5, 0.6) is 0 Å². The van der Waals surface area contributed by atoms with Crippen LogP contribution in [-0.4, -0.2) is 29.5 Å². The number of aromatic nitrogens is 6. The molecule has 0 amide bonds. The van der Waals surface area contributed by atoms with Crippen LogP contribution in [-0.2, 0) is 6.42 Å². The molecule has 0 atom stereocenters. The van der Waals surface area contributed by atoms with Gasteiger partial charge in [-0.25, -0.2) is 19.5 Å². The van der Waals surface area contributed by atoms with Crippen LogP contribution in [0.1, 0.15) is 44.0 Å². The first kappa shape index (κ1) is 14.6. The Kier molecular flexibility index (Phi) is 3.13. The Hall–Kier alpha value is -2.76. The Morgan fingerprint density at radius 2 is 2.12 bits per heavy atom. The molecule has 0 aromatic carbocycles. The van der Waals surface area contributed by atoms with Gasteiger partial charge in [-0.15, -0.1) is 0 Å². The number of aromatic amines is 1. The SMILES string of the molecule is CC(C)Cc1ncc2c(-c3ccn4ncc(C5CC5)c4n3)c[nH]c2n1. The maximum absolute atomic E-state index is 4.88. The normalized spacial score (nSPS) is 14.8. The number of hydrogen-bond donors (Lipinski definition) is 1. The topological polar surface area (TPSA) is 71.8 Å². The van der Waals surface area contributed by atoms with Gasteiger partial charge >= 0.3 is 0 Å². The lowest BCUT2D eigenvalue weighted by Gasteiger charge is -2.04. The zero-order chi connectivity index (χ0) is 17.0. The molecular weight excluding hydrogens is 312 g/mol. The Labute approximate surface area is 145 Å². The van der Waals surface area contributed by atoms with Crippen molar-refractivity contribution in [3.05, 3.63) is 42.2 Å². The number of nitrogens with one attached hydrogen (secondary N) is 1. The molecule has 1 N–H and O–H groups in total. The Morgan fingerprint density at radius 3 is 2.92 bits per heavy atom. The van der Waals surface area contributed by atoms with Crippen molar-refractivity contribution in [2.24, 2.45) is 5.92 Å². The van der Waals surface area contributed by atoms with Gasteiger partial charge in [0.15, 0.2) is 5.65 Å². The molecule has 0 spiro atoms. The van der Waals surface area contributed by atoms with E-state index in [1.165, 1.54) is 18.4 Å². The van der Waals surface area contributed by atoms with Crippen LogP contribution in [0.25, 0.3) is 27.9 Å². The second kappa shape index (κ2) is 5.37. The van der Waals surface area contributed by atoms with E-state index in [1.54, 1.807) is 0 Å². The van der Waals surface area contributed by atoms with Crippen molar-refractivity contribution >= 4 is 16.7 Å². The molecular formula is C19H20N6. The van der Waals surface area contributed by atoms with Crippen molar-refractivity contribution in [3.8, 4) is 11.3 Å². The second-order valence-corrected chi connectivity index (χ2v) is 7.30. The smallest absolute Gasteiger partial charge is 0.159 e. The molecule has 4 aromatic rings. The maximum atomic E-state index is 4.88. The molecule has 1 fully saturated rings. The molecule has 1 saturated carbocycles. The first-order chi connectivity index (χ1) is 12.2. The van der Waals surface area contributed by atoms with Crippen molar-refractivity contribution in [1.82, 2.24) is 29.5 Å². The summed E-state index contributed by atoms with van der Waals surface area (Å²) in [6.45, 7) is 4.35. The van der Waals surface area contributed by atoms with Gasteiger partial charge in [0.2, 0.25) is 0 Å². The number of fused-ring (bicyclic) bond motifs is 2. The third-order valence-electron chi connectivity index (χ3n) is 4.76. The van der Waals surface area contributed by atoms with Crippen LogP contribution < -0.4 is 0 Å². The number of nitrogens with zero attached hydrogens (tertiary/aromatic N) is 5. The summed E-state index contributed by atoms with van der Waals surface area (Å²) in [6.07, 6.45) is 11.2. The lowest BCUT2D eigenvalue weighted by atomic mass is 10.1.